The molecule has 1 aromatic rings. The lowest BCUT2D eigenvalue weighted by atomic mass is 9.96. The van der Waals surface area contributed by atoms with E-state index in [0.29, 0.717) is 57.1 Å². The normalized spacial score (nSPS) is 23.8. The third kappa shape index (κ3) is 6.09. The predicted molar refractivity (Wildman–Crippen MR) is 113 cm³/mol. The van der Waals surface area contributed by atoms with Crippen LogP contribution in [0.5, 0.6) is 5.75 Å². The summed E-state index contributed by atoms with van der Waals surface area (Å²) in [4.78, 5) is 27.2. The maximum atomic E-state index is 12.9. The molecule has 1 atom stereocenters. The summed E-state index contributed by atoms with van der Waals surface area (Å²) in [5, 5.41) is 6.40. The molecule has 2 aliphatic heterocycles. The Hall–Kier alpha value is -2.32. The van der Waals surface area contributed by atoms with E-state index in [4.69, 9.17) is 14.2 Å². The molecular weight excluding hydrogens is 386 g/mol. The molecule has 30 heavy (non-hydrogen) atoms. The van der Waals surface area contributed by atoms with Crippen LogP contribution in [-0.2, 0) is 9.47 Å². The second-order valence-electron chi connectivity index (χ2n) is 8.81. The molecule has 1 aromatic carbocycles. The Morgan fingerprint density at radius 1 is 1.20 bits per heavy atom. The van der Waals surface area contributed by atoms with Gasteiger partial charge in [0.15, 0.2) is 0 Å². The highest BCUT2D eigenvalue weighted by atomic mass is 16.6. The fraction of sp³-hybridized carbons (Fsp3) is 0.636. The van der Waals surface area contributed by atoms with Crippen LogP contribution in [0, 0.1) is 0 Å². The van der Waals surface area contributed by atoms with Crippen molar-refractivity contribution in [2.75, 3.05) is 45.9 Å². The molecule has 8 heteroatoms. The van der Waals surface area contributed by atoms with Crippen LogP contribution < -0.4 is 15.4 Å². The molecule has 1 fully saturated rings. The van der Waals surface area contributed by atoms with Crippen molar-refractivity contribution in [1.29, 1.82) is 0 Å². The number of carbonyl (C=O) groups is 2. The topological polar surface area (TPSA) is 89.1 Å². The molecule has 0 radical (unpaired) electrons. The van der Waals surface area contributed by atoms with Crippen molar-refractivity contribution in [3.63, 3.8) is 0 Å². The van der Waals surface area contributed by atoms with Gasteiger partial charge in [-0.3, -0.25) is 4.79 Å². The van der Waals surface area contributed by atoms with Gasteiger partial charge in [-0.1, -0.05) is 12.1 Å². The van der Waals surface area contributed by atoms with E-state index in [-0.39, 0.29) is 12.0 Å². The molecule has 0 bridgehead atoms. The van der Waals surface area contributed by atoms with Gasteiger partial charge < -0.3 is 29.7 Å². The standard InChI is InChI=1S/C22H33N3O5/c1-21(2,3)30-20(27)25-12-14-29-22(16-25)9-11-23-10-6-13-28-18-8-5-4-7-17(18)19(26)24-15-22/h4-5,7-8,23H,6,9-16H2,1-3H3,(H,24,26). The monoisotopic (exact) mass is 419 g/mol. The van der Waals surface area contributed by atoms with Crippen molar-refractivity contribution in [2.45, 2.75) is 44.8 Å². The van der Waals surface area contributed by atoms with Gasteiger partial charge in [0.25, 0.3) is 5.91 Å². The number of hydrogen-bond donors (Lipinski definition) is 2. The summed E-state index contributed by atoms with van der Waals surface area (Å²) in [5.74, 6) is 0.360. The zero-order chi connectivity index (χ0) is 21.6. The van der Waals surface area contributed by atoms with E-state index < -0.39 is 11.2 Å². The van der Waals surface area contributed by atoms with Gasteiger partial charge in [0.05, 0.1) is 25.3 Å². The van der Waals surface area contributed by atoms with Gasteiger partial charge in [-0.25, -0.2) is 4.79 Å². The van der Waals surface area contributed by atoms with Crippen molar-refractivity contribution in [2.24, 2.45) is 0 Å². The van der Waals surface area contributed by atoms with Crippen LogP contribution in [0.2, 0.25) is 0 Å². The molecule has 0 aliphatic carbocycles. The smallest absolute Gasteiger partial charge is 0.410 e. The molecule has 0 aromatic heterocycles. The van der Waals surface area contributed by atoms with E-state index >= 15 is 0 Å². The molecule has 0 saturated carbocycles. The van der Waals surface area contributed by atoms with E-state index in [1.54, 1.807) is 17.0 Å². The van der Waals surface area contributed by atoms with Crippen LogP contribution in [0.3, 0.4) is 0 Å². The number of nitrogens with one attached hydrogen (secondary N) is 2. The number of morpholine rings is 1. The summed E-state index contributed by atoms with van der Waals surface area (Å²) in [6.45, 7) is 9.12. The van der Waals surface area contributed by atoms with Crippen LogP contribution in [0.15, 0.2) is 24.3 Å². The van der Waals surface area contributed by atoms with E-state index in [1.807, 2.05) is 32.9 Å². The molecule has 8 nitrogen and oxygen atoms in total. The number of benzene rings is 1. The first kappa shape index (κ1) is 22.4. The zero-order valence-electron chi connectivity index (χ0n) is 18.2. The molecule has 1 saturated heterocycles. The number of fused-ring (bicyclic) bond motifs is 1. The first-order valence-electron chi connectivity index (χ1n) is 10.6. The molecule has 2 N–H and O–H groups in total. The lowest BCUT2D eigenvalue weighted by molar-refractivity contribution is -0.109. The maximum Gasteiger partial charge on any atom is 0.410 e. The van der Waals surface area contributed by atoms with Crippen LogP contribution in [0.4, 0.5) is 4.79 Å². The SMILES string of the molecule is CC(C)(C)OC(=O)N1CCOC2(CCNCCCOc3ccccc3C(=O)NC2)C1. The minimum absolute atomic E-state index is 0.213. The van der Waals surface area contributed by atoms with Gasteiger partial charge in [0, 0.05) is 13.1 Å². The molecule has 166 valence electrons. The van der Waals surface area contributed by atoms with E-state index in [1.165, 1.54) is 0 Å². The molecule has 2 amide bonds. The van der Waals surface area contributed by atoms with Gasteiger partial charge in [0.2, 0.25) is 0 Å². The Morgan fingerprint density at radius 3 is 2.80 bits per heavy atom. The largest absolute Gasteiger partial charge is 0.493 e. The average molecular weight is 420 g/mol. The highest BCUT2D eigenvalue weighted by Crippen LogP contribution is 2.24. The third-order valence-corrected chi connectivity index (χ3v) is 5.12. The Balaban J connectivity index is 1.76. The predicted octanol–water partition coefficient (Wildman–Crippen LogP) is 2.18. The van der Waals surface area contributed by atoms with Crippen molar-refractivity contribution >= 4 is 12.0 Å². The number of nitrogens with zero attached hydrogens (tertiary/aromatic N) is 1. The second-order valence-corrected chi connectivity index (χ2v) is 8.81. The lowest BCUT2D eigenvalue weighted by Crippen LogP contribution is -2.59. The Labute approximate surface area is 178 Å². The maximum absolute atomic E-state index is 12.9. The number of carbonyl (C=O) groups excluding carboxylic acids is 2. The zero-order valence-corrected chi connectivity index (χ0v) is 18.2. The molecule has 2 aliphatic rings. The van der Waals surface area contributed by atoms with Crippen LogP contribution >= 0.6 is 0 Å². The fourth-order valence-corrected chi connectivity index (χ4v) is 3.61. The van der Waals surface area contributed by atoms with E-state index in [9.17, 15) is 9.59 Å². The summed E-state index contributed by atoms with van der Waals surface area (Å²) in [5.41, 5.74) is -0.742. The molecule has 2 heterocycles. The lowest BCUT2D eigenvalue weighted by Gasteiger charge is -2.43. The number of ether oxygens (including phenoxy) is 3. The fourth-order valence-electron chi connectivity index (χ4n) is 3.61. The average Bonchev–Trinajstić information content (AvgIpc) is 2.71. The molecule has 3 rings (SSSR count). The number of rotatable bonds is 0. The van der Waals surface area contributed by atoms with E-state index in [2.05, 4.69) is 10.6 Å². The van der Waals surface area contributed by atoms with Crippen LogP contribution in [0.1, 0.15) is 44.0 Å². The molecular formula is C22H33N3O5. The number of amides is 2. The van der Waals surface area contributed by atoms with Crippen molar-refractivity contribution in [1.82, 2.24) is 15.5 Å². The Bertz CT molecular complexity index is 749. The van der Waals surface area contributed by atoms with Crippen LogP contribution in [0.25, 0.3) is 0 Å². The van der Waals surface area contributed by atoms with Crippen LogP contribution in [-0.4, -0.2) is 74.0 Å². The van der Waals surface area contributed by atoms with E-state index in [0.717, 1.165) is 13.0 Å². The first-order valence-corrected chi connectivity index (χ1v) is 10.6. The summed E-state index contributed by atoms with van der Waals surface area (Å²) in [6.07, 6.45) is 1.13. The summed E-state index contributed by atoms with van der Waals surface area (Å²) < 4.78 is 17.5. The van der Waals surface area contributed by atoms with Crippen molar-refractivity contribution in [3.8, 4) is 5.75 Å². The molecule has 1 spiro atoms. The van der Waals surface area contributed by atoms with Crippen molar-refractivity contribution < 1.29 is 23.8 Å². The minimum atomic E-state index is -0.679. The highest BCUT2D eigenvalue weighted by Gasteiger charge is 2.40. The summed E-state index contributed by atoms with van der Waals surface area (Å²) >= 11 is 0. The van der Waals surface area contributed by atoms with Gasteiger partial charge in [-0.15, -0.1) is 0 Å². The van der Waals surface area contributed by atoms with Gasteiger partial charge >= 0.3 is 6.09 Å². The summed E-state index contributed by atoms with van der Waals surface area (Å²) in [6, 6.07) is 7.23. The summed E-state index contributed by atoms with van der Waals surface area (Å²) in [7, 11) is 0. The highest BCUT2D eigenvalue weighted by molar-refractivity contribution is 5.96. The molecule has 1 unspecified atom stereocenters. The van der Waals surface area contributed by atoms with Gasteiger partial charge in [-0.05, 0) is 58.8 Å². The first-order chi connectivity index (χ1) is 14.3. The Kier molecular flexibility index (Phi) is 7.20. The van der Waals surface area contributed by atoms with Gasteiger partial charge in [0.1, 0.15) is 17.0 Å². The third-order valence-electron chi connectivity index (χ3n) is 5.12. The quantitative estimate of drug-likeness (QED) is 0.670. The van der Waals surface area contributed by atoms with Crippen molar-refractivity contribution in [3.05, 3.63) is 29.8 Å². The number of hydrogen-bond acceptors (Lipinski definition) is 6. The second kappa shape index (κ2) is 9.66. The number of para-hydroxylation sites is 1. The Morgan fingerprint density at radius 2 is 2.00 bits per heavy atom. The minimum Gasteiger partial charge on any atom is -0.493 e. The van der Waals surface area contributed by atoms with Gasteiger partial charge in [-0.2, -0.15) is 0 Å².